The molecular formula is C11H16BrN3O2S. The molecule has 1 aliphatic rings. The zero-order valence-corrected chi connectivity index (χ0v) is 12.8. The molecule has 100 valence electrons. The molecule has 5 nitrogen and oxygen atoms in total. The Balaban J connectivity index is 2.22. The molecule has 0 atom stereocenters. The Kier molecular flexibility index (Phi) is 3.64. The van der Waals surface area contributed by atoms with E-state index in [1.165, 1.54) is 0 Å². The monoisotopic (exact) mass is 333 g/mol. The van der Waals surface area contributed by atoms with Crippen LogP contribution in [0.4, 0.5) is 5.95 Å². The highest BCUT2D eigenvalue weighted by molar-refractivity contribution is 9.10. The lowest BCUT2D eigenvalue weighted by molar-refractivity contribution is 0.537. The molecule has 2 rings (SSSR count). The summed E-state index contributed by atoms with van der Waals surface area (Å²) in [4.78, 5) is 10.4. The van der Waals surface area contributed by atoms with E-state index in [1.54, 1.807) is 26.2 Å². The Morgan fingerprint density at radius 3 is 2.50 bits per heavy atom. The van der Waals surface area contributed by atoms with Gasteiger partial charge in [-0.3, -0.25) is 0 Å². The van der Waals surface area contributed by atoms with E-state index in [0.29, 0.717) is 25.5 Å². The Labute approximate surface area is 116 Å². The summed E-state index contributed by atoms with van der Waals surface area (Å²) >= 11 is 3.28. The Morgan fingerprint density at radius 1 is 1.28 bits per heavy atom. The minimum Gasteiger partial charge on any atom is -0.340 e. The van der Waals surface area contributed by atoms with Gasteiger partial charge in [0, 0.05) is 25.5 Å². The minimum absolute atomic E-state index is 0.152. The van der Waals surface area contributed by atoms with E-state index in [4.69, 9.17) is 0 Å². The van der Waals surface area contributed by atoms with E-state index in [-0.39, 0.29) is 5.75 Å². The molecule has 0 N–H and O–H groups in total. The van der Waals surface area contributed by atoms with Crippen LogP contribution in [-0.2, 0) is 9.84 Å². The van der Waals surface area contributed by atoms with E-state index >= 15 is 0 Å². The third-order valence-corrected chi connectivity index (χ3v) is 6.36. The molecule has 0 aromatic carbocycles. The van der Waals surface area contributed by atoms with Crippen molar-refractivity contribution in [2.75, 3.05) is 23.7 Å². The fourth-order valence-electron chi connectivity index (χ4n) is 1.85. The minimum atomic E-state index is -3.05. The lowest BCUT2D eigenvalue weighted by atomic mass is 10.1. The average Bonchev–Trinajstić information content (AvgIpc) is 2.39. The Morgan fingerprint density at radius 2 is 1.89 bits per heavy atom. The zero-order chi connectivity index (χ0) is 13.4. The summed E-state index contributed by atoms with van der Waals surface area (Å²) in [6.07, 6.45) is 3.94. The maximum atomic E-state index is 12.1. The van der Waals surface area contributed by atoms with Crippen molar-refractivity contribution in [1.29, 1.82) is 0 Å². The molecule has 1 aromatic rings. The molecule has 0 aliphatic carbocycles. The van der Waals surface area contributed by atoms with Crippen LogP contribution in [0.15, 0.2) is 16.9 Å². The lowest BCUT2D eigenvalue weighted by Crippen LogP contribution is -2.33. The second kappa shape index (κ2) is 4.77. The molecule has 18 heavy (non-hydrogen) atoms. The quantitative estimate of drug-likeness (QED) is 0.781. The summed E-state index contributed by atoms with van der Waals surface area (Å²) in [7, 11) is -3.05. The van der Waals surface area contributed by atoms with Gasteiger partial charge in [-0.1, -0.05) is 0 Å². The van der Waals surface area contributed by atoms with Crippen LogP contribution in [0.1, 0.15) is 20.3 Å². The highest BCUT2D eigenvalue weighted by atomic mass is 79.9. The molecule has 0 unspecified atom stereocenters. The first-order valence-electron chi connectivity index (χ1n) is 5.77. The smallest absolute Gasteiger partial charge is 0.225 e. The van der Waals surface area contributed by atoms with Crippen molar-refractivity contribution < 1.29 is 8.42 Å². The zero-order valence-electron chi connectivity index (χ0n) is 10.4. The predicted octanol–water partition coefficient (Wildman–Crippen LogP) is 1.64. The third kappa shape index (κ3) is 2.66. The Hall–Kier alpha value is -0.690. The van der Waals surface area contributed by atoms with Gasteiger partial charge in [-0.05, 0) is 36.2 Å². The van der Waals surface area contributed by atoms with Gasteiger partial charge >= 0.3 is 0 Å². The van der Waals surface area contributed by atoms with Crippen LogP contribution >= 0.6 is 15.9 Å². The average molecular weight is 334 g/mol. The molecule has 0 radical (unpaired) electrons. The van der Waals surface area contributed by atoms with Crippen molar-refractivity contribution >= 4 is 31.7 Å². The number of halogens is 1. The number of hydrogen-bond acceptors (Lipinski definition) is 5. The lowest BCUT2D eigenvalue weighted by Gasteiger charge is -2.22. The first kappa shape index (κ1) is 13.7. The topological polar surface area (TPSA) is 63.2 Å². The molecule has 1 saturated heterocycles. The first-order valence-corrected chi connectivity index (χ1v) is 8.21. The summed E-state index contributed by atoms with van der Waals surface area (Å²) in [6.45, 7) is 4.68. The number of aromatic nitrogens is 2. The summed E-state index contributed by atoms with van der Waals surface area (Å²) < 4.78 is 24.3. The van der Waals surface area contributed by atoms with Crippen LogP contribution in [0, 0.1) is 0 Å². The maximum absolute atomic E-state index is 12.1. The van der Waals surface area contributed by atoms with Gasteiger partial charge in [0.05, 0.1) is 15.0 Å². The second-order valence-electron chi connectivity index (χ2n) is 5.02. The van der Waals surface area contributed by atoms with Crippen molar-refractivity contribution in [3.8, 4) is 0 Å². The molecule has 0 amide bonds. The highest BCUT2D eigenvalue weighted by Crippen LogP contribution is 2.26. The van der Waals surface area contributed by atoms with Crippen LogP contribution in [-0.4, -0.2) is 42.0 Å². The van der Waals surface area contributed by atoms with E-state index in [2.05, 4.69) is 25.9 Å². The van der Waals surface area contributed by atoms with E-state index < -0.39 is 14.6 Å². The number of hydrogen-bond donors (Lipinski definition) is 0. The molecule has 2 heterocycles. The molecule has 0 spiro atoms. The molecule has 1 aliphatic heterocycles. The van der Waals surface area contributed by atoms with Crippen LogP contribution in [0.5, 0.6) is 0 Å². The summed E-state index contributed by atoms with van der Waals surface area (Å²) in [5, 5.41) is 0. The van der Waals surface area contributed by atoms with Crippen molar-refractivity contribution in [1.82, 2.24) is 9.97 Å². The van der Waals surface area contributed by atoms with Gasteiger partial charge < -0.3 is 4.90 Å². The molecule has 0 saturated carbocycles. The fraction of sp³-hybridized carbons (Fsp3) is 0.636. The maximum Gasteiger partial charge on any atom is 0.225 e. The fourth-order valence-corrected chi connectivity index (χ4v) is 3.47. The number of nitrogens with zero attached hydrogens (tertiary/aromatic N) is 3. The van der Waals surface area contributed by atoms with Gasteiger partial charge in [0.1, 0.15) is 0 Å². The number of rotatable bonds is 1. The van der Waals surface area contributed by atoms with E-state index in [9.17, 15) is 8.42 Å². The molecule has 7 heteroatoms. The normalized spacial score (nSPS) is 22.5. The van der Waals surface area contributed by atoms with E-state index in [1.807, 2.05) is 4.90 Å². The third-order valence-electron chi connectivity index (χ3n) is 3.35. The van der Waals surface area contributed by atoms with Gasteiger partial charge in [0.15, 0.2) is 9.84 Å². The van der Waals surface area contributed by atoms with Crippen molar-refractivity contribution in [2.45, 2.75) is 25.0 Å². The van der Waals surface area contributed by atoms with Crippen LogP contribution in [0.3, 0.4) is 0 Å². The molecule has 0 bridgehead atoms. The summed E-state index contributed by atoms with van der Waals surface area (Å²) in [5.74, 6) is 0.741. The predicted molar refractivity (Wildman–Crippen MR) is 74.4 cm³/mol. The van der Waals surface area contributed by atoms with Gasteiger partial charge in [0.2, 0.25) is 5.95 Å². The molecular weight excluding hydrogens is 318 g/mol. The standard InChI is InChI=1S/C11H16BrN3O2S/c1-11(2)3-4-15(5-6-18(11,16)17)10-13-7-9(12)8-14-10/h7-8H,3-6H2,1-2H3. The van der Waals surface area contributed by atoms with Crippen LogP contribution < -0.4 is 4.90 Å². The molecule has 1 aromatic heterocycles. The van der Waals surface area contributed by atoms with Crippen molar-refractivity contribution in [3.05, 3.63) is 16.9 Å². The SMILES string of the molecule is CC1(C)CCN(c2ncc(Br)cn2)CCS1(=O)=O. The van der Waals surface area contributed by atoms with Crippen molar-refractivity contribution in [2.24, 2.45) is 0 Å². The highest BCUT2D eigenvalue weighted by Gasteiger charge is 2.37. The number of sulfone groups is 1. The van der Waals surface area contributed by atoms with Gasteiger partial charge in [-0.2, -0.15) is 0 Å². The van der Waals surface area contributed by atoms with Gasteiger partial charge in [0.25, 0.3) is 0 Å². The summed E-state index contributed by atoms with van der Waals surface area (Å²) in [5.41, 5.74) is 0. The second-order valence-corrected chi connectivity index (χ2v) is 8.68. The first-order chi connectivity index (χ1) is 8.32. The van der Waals surface area contributed by atoms with Crippen LogP contribution in [0.2, 0.25) is 0 Å². The van der Waals surface area contributed by atoms with E-state index in [0.717, 1.165) is 4.47 Å². The van der Waals surface area contributed by atoms with Gasteiger partial charge in [-0.25, -0.2) is 18.4 Å². The number of anilines is 1. The molecule has 1 fully saturated rings. The summed E-state index contributed by atoms with van der Waals surface area (Å²) in [6, 6.07) is 0. The van der Waals surface area contributed by atoms with Gasteiger partial charge in [-0.15, -0.1) is 0 Å². The Bertz CT molecular complexity index is 528. The van der Waals surface area contributed by atoms with Crippen LogP contribution in [0.25, 0.3) is 0 Å². The largest absolute Gasteiger partial charge is 0.340 e. The van der Waals surface area contributed by atoms with Crippen molar-refractivity contribution in [3.63, 3.8) is 0 Å².